The van der Waals surface area contributed by atoms with Crippen LogP contribution in [0.15, 0.2) is 40.5 Å². The van der Waals surface area contributed by atoms with Gasteiger partial charge in [-0.2, -0.15) is 0 Å². The average Bonchev–Trinajstić information content (AvgIpc) is 2.70. The van der Waals surface area contributed by atoms with Crippen LogP contribution in [0.1, 0.15) is 39.2 Å². The van der Waals surface area contributed by atoms with Crippen molar-refractivity contribution in [2.75, 3.05) is 6.61 Å². The molecule has 1 aromatic carbocycles. The SMILES string of the molecule is CC1=NC(C)=C(C(=O)OCC(O)[N+](=O)[O-])C(c2ccccc2[N+](=O)[O-])C1C(=O)OC(C)C. The number of carbonyl (C=O) groups is 2. The second kappa shape index (κ2) is 10.1. The summed E-state index contributed by atoms with van der Waals surface area (Å²) < 4.78 is 10.2. The summed E-state index contributed by atoms with van der Waals surface area (Å²) >= 11 is 0. The van der Waals surface area contributed by atoms with Crippen molar-refractivity contribution in [3.63, 3.8) is 0 Å². The Hall–Kier alpha value is -3.67. The van der Waals surface area contributed by atoms with Gasteiger partial charge in [0.05, 0.1) is 21.5 Å². The fraction of sp³-hybridized carbons (Fsp3) is 0.450. The molecule has 0 aromatic heterocycles. The summed E-state index contributed by atoms with van der Waals surface area (Å²) in [7, 11) is 0. The van der Waals surface area contributed by atoms with Crippen LogP contribution in [0.25, 0.3) is 0 Å². The fourth-order valence-electron chi connectivity index (χ4n) is 3.45. The van der Waals surface area contributed by atoms with Crippen molar-refractivity contribution < 1.29 is 34.0 Å². The molecule has 172 valence electrons. The molecule has 32 heavy (non-hydrogen) atoms. The van der Waals surface area contributed by atoms with Gasteiger partial charge >= 0.3 is 18.2 Å². The molecule has 12 heteroatoms. The molecule has 3 atom stereocenters. The van der Waals surface area contributed by atoms with Crippen LogP contribution in [0.4, 0.5) is 5.69 Å². The standard InChI is InChI=1S/C20H23N3O9/c1-10(2)32-20(26)17-12(4)21-11(3)16(19(25)31-9-15(24)23(29)30)18(17)13-7-5-6-8-14(13)22(27)28/h5-8,10,15,17-18,24H,9H2,1-4H3. The van der Waals surface area contributed by atoms with E-state index in [1.165, 1.54) is 38.1 Å². The van der Waals surface area contributed by atoms with E-state index >= 15 is 0 Å². The van der Waals surface area contributed by atoms with Crippen molar-refractivity contribution >= 4 is 23.3 Å². The van der Waals surface area contributed by atoms with E-state index < -0.39 is 52.6 Å². The molecule has 2 rings (SSSR count). The molecule has 0 saturated heterocycles. The van der Waals surface area contributed by atoms with Gasteiger partial charge in [-0.3, -0.25) is 30.0 Å². The van der Waals surface area contributed by atoms with Crippen molar-refractivity contribution in [3.05, 3.63) is 61.3 Å². The Labute approximate surface area is 182 Å². The number of esters is 2. The van der Waals surface area contributed by atoms with Gasteiger partial charge in [0.1, 0.15) is 5.92 Å². The number of aliphatic hydroxyl groups excluding tert-OH is 1. The van der Waals surface area contributed by atoms with Crippen LogP contribution in [0.5, 0.6) is 0 Å². The van der Waals surface area contributed by atoms with Crippen molar-refractivity contribution in [3.8, 4) is 0 Å². The van der Waals surface area contributed by atoms with Crippen LogP contribution >= 0.6 is 0 Å². The van der Waals surface area contributed by atoms with Crippen molar-refractivity contribution in [1.82, 2.24) is 0 Å². The number of nitro groups is 2. The molecule has 1 aliphatic rings. The number of allylic oxidation sites excluding steroid dienone is 1. The van der Waals surface area contributed by atoms with Gasteiger partial charge in [-0.15, -0.1) is 0 Å². The molecular formula is C20H23N3O9. The lowest BCUT2D eigenvalue weighted by atomic mass is 9.75. The molecule has 12 nitrogen and oxygen atoms in total. The summed E-state index contributed by atoms with van der Waals surface area (Å²) in [6.07, 6.45) is -2.65. The first-order chi connectivity index (χ1) is 15.0. The number of aliphatic hydroxyl groups is 1. The van der Waals surface area contributed by atoms with Crippen LogP contribution in [0.2, 0.25) is 0 Å². The van der Waals surface area contributed by atoms with E-state index in [-0.39, 0.29) is 28.2 Å². The number of rotatable bonds is 8. The number of aliphatic imine (C=N–C) groups is 1. The molecule has 0 bridgehead atoms. The van der Waals surface area contributed by atoms with Gasteiger partial charge in [0.25, 0.3) is 5.69 Å². The second-order valence-electron chi connectivity index (χ2n) is 7.37. The first-order valence-electron chi connectivity index (χ1n) is 9.64. The highest BCUT2D eigenvalue weighted by Gasteiger charge is 2.45. The van der Waals surface area contributed by atoms with E-state index in [0.717, 1.165) is 0 Å². The van der Waals surface area contributed by atoms with E-state index in [2.05, 4.69) is 4.99 Å². The van der Waals surface area contributed by atoms with Crippen LogP contribution in [0, 0.1) is 26.1 Å². The first kappa shape index (κ1) is 24.6. The fourth-order valence-corrected chi connectivity index (χ4v) is 3.45. The molecule has 1 aliphatic heterocycles. The van der Waals surface area contributed by atoms with Crippen LogP contribution in [-0.4, -0.2) is 51.5 Å². The van der Waals surface area contributed by atoms with Crippen LogP contribution in [-0.2, 0) is 19.1 Å². The molecule has 1 heterocycles. The topological polar surface area (TPSA) is 171 Å². The number of nitro benzene ring substituents is 1. The zero-order chi connectivity index (χ0) is 24.2. The first-order valence-corrected chi connectivity index (χ1v) is 9.64. The lowest BCUT2D eigenvalue weighted by molar-refractivity contribution is -0.572. The Morgan fingerprint density at radius 2 is 1.81 bits per heavy atom. The van der Waals surface area contributed by atoms with E-state index in [4.69, 9.17) is 9.47 Å². The lowest BCUT2D eigenvalue weighted by Crippen LogP contribution is -2.38. The smallest absolute Gasteiger partial charge is 0.347 e. The van der Waals surface area contributed by atoms with Gasteiger partial charge in [0.15, 0.2) is 6.61 Å². The molecule has 1 aromatic rings. The van der Waals surface area contributed by atoms with Gasteiger partial charge < -0.3 is 14.6 Å². The number of hydrogen-bond donors (Lipinski definition) is 1. The second-order valence-corrected chi connectivity index (χ2v) is 7.37. The van der Waals surface area contributed by atoms with E-state index in [9.17, 15) is 34.9 Å². The maximum atomic E-state index is 12.9. The number of para-hydroxylation sites is 1. The Morgan fingerprint density at radius 3 is 2.38 bits per heavy atom. The molecule has 0 radical (unpaired) electrons. The van der Waals surface area contributed by atoms with Crippen molar-refractivity contribution in [2.45, 2.75) is 45.9 Å². The average molecular weight is 449 g/mol. The van der Waals surface area contributed by atoms with E-state index in [1.807, 2.05) is 0 Å². The molecule has 0 amide bonds. The van der Waals surface area contributed by atoms with Crippen LogP contribution in [0.3, 0.4) is 0 Å². The van der Waals surface area contributed by atoms with Crippen LogP contribution < -0.4 is 0 Å². The minimum Gasteiger partial charge on any atom is -0.462 e. The third-order valence-electron chi connectivity index (χ3n) is 4.73. The largest absolute Gasteiger partial charge is 0.462 e. The molecular weight excluding hydrogens is 426 g/mol. The normalized spacial score (nSPS) is 19.2. The minimum atomic E-state index is -2.15. The highest BCUT2D eigenvalue weighted by Crippen LogP contribution is 2.43. The molecule has 3 unspecified atom stereocenters. The van der Waals surface area contributed by atoms with E-state index in [0.29, 0.717) is 0 Å². The molecule has 0 fully saturated rings. The summed E-state index contributed by atoms with van der Waals surface area (Å²) in [6, 6.07) is 5.59. The molecule has 0 spiro atoms. The lowest BCUT2D eigenvalue weighted by Gasteiger charge is -2.31. The summed E-state index contributed by atoms with van der Waals surface area (Å²) in [5.74, 6) is -4.21. The Kier molecular flexibility index (Phi) is 7.76. The van der Waals surface area contributed by atoms with Gasteiger partial charge in [-0.1, -0.05) is 18.2 Å². The quantitative estimate of drug-likeness (QED) is 0.270. The summed E-state index contributed by atoms with van der Waals surface area (Å²) in [6.45, 7) is 5.30. The third kappa shape index (κ3) is 5.32. The highest BCUT2D eigenvalue weighted by molar-refractivity contribution is 6.07. The zero-order valence-electron chi connectivity index (χ0n) is 17.9. The highest BCUT2D eigenvalue weighted by atomic mass is 16.7. The monoisotopic (exact) mass is 449 g/mol. The molecule has 1 N–H and O–H groups in total. The number of carbonyl (C=O) groups excluding carboxylic acids is 2. The number of benzene rings is 1. The summed E-state index contributed by atoms with van der Waals surface area (Å²) in [5, 5.41) is 31.6. The minimum absolute atomic E-state index is 0.0542. The number of hydrogen-bond acceptors (Lipinski definition) is 10. The predicted molar refractivity (Wildman–Crippen MR) is 110 cm³/mol. The summed E-state index contributed by atoms with van der Waals surface area (Å²) in [4.78, 5) is 50.7. The Balaban J connectivity index is 2.63. The number of nitrogens with zero attached hydrogens (tertiary/aromatic N) is 3. The van der Waals surface area contributed by atoms with Gasteiger partial charge in [-0.05, 0) is 27.7 Å². The Morgan fingerprint density at radius 1 is 1.19 bits per heavy atom. The predicted octanol–water partition coefficient (Wildman–Crippen LogP) is 2.13. The molecule has 0 saturated carbocycles. The van der Waals surface area contributed by atoms with Gasteiger partial charge in [-0.25, -0.2) is 4.79 Å². The third-order valence-corrected chi connectivity index (χ3v) is 4.73. The van der Waals surface area contributed by atoms with Gasteiger partial charge in [0, 0.05) is 29.0 Å². The van der Waals surface area contributed by atoms with Crippen molar-refractivity contribution in [2.24, 2.45) is 10.9 Å². The maximum absolute atomic E-state index is 12.9. The summed E-state index contributed by atoms with van der Waals surface area (Å²) in [5.41, 5.74) is -0.0688. The Bertz CT molecular complexity index is 1000. The molecule has 0 aliphatic carbocycles. The van der Waals surface area contributed by atoms with E-state index in [1.54, 1.807) is 13.8 Å². The maximum Gasteiger partial charge on any atom is 0.347 e. The van der Waals surface area contributed by atoms with Gasteiger partial charge in [0.2, 0.25) is 0 Å². The van der Waals surface area contributed by atoms with Crippen molar-refractivity contribution in [1.29, 1.82) is 0 Å². The number of ether oxygens (including phenoxy) is 2. The zero-order valence-corrected chi connectivity index (χ0v) is 17.9.